The maximum Gasteiger partial charge on any atom is 0.137 e. The Labute approximate surface area is 846 Å². The van der Waals surface area contributed by atoms with Gasteiger partial charge in [0.1, 0.15) is 11.2 Å². The van der Waals surface area contributed by atoms with Gasteiger partial charge in [-0.3, -0.25) is 4.98 Å². The smallest absolute Gasteiger partial charge is 0.137 e. The van der Waals surface area contributed by atoms with E-state index < -0.39 is 0 Å². The zero-order valence-electron chi connectivity index (χ0n) is 78.8. The van der Waals surface area contributed by atoms with Crippen LogP contribution < -0.4 is 14.7 Å². The second-order valence-electron chi connectivity index (χ2n) is 35.8. The van der Waals surface area contributed by atoms with Crippen LogP contribution in [0.25, 0.3) is 185 Å². The SMILES string of the molecule is c1ccc(-c2ccc(N(c3ccc4c(c3)oc3ccccc34)c3c(-c4ccccc4)cccc3-c3ccccc3)cc2-c2ccccc2)cc1.c1ccc(-c2ccc(N(c3ccc4c(c3)sc3ccccc34)c3c(-c4ccccc4)cccc3-c3ccccc3)cc2-c2ccccc2)cc1.c1ccc(-c2ccc(N(c3ccc4c(c3)sc3ccccc34)c3c(-c4ccccc4)cccc3-c3ccccc3)cn2)cc1. The van der Waals surface area contributed by atoms with Gasteiger partial charge in [0.05, 0.1) is 34.6 Å². The quantitative estimate of drug-likeness (QED) is 0.0760. The molecule has 5 nitrogen and oxygen atoms in total. The number of hydrogen-bond donors (Lipinski definition) is 0. The fourth-order valence-electron chi connectivity index (χ4n) is 20.3. The molecule has 0 amide bonds. The molecule has 0 aliphatic heterocycles. The highest BCUT2D eigenvalue weighted by atomic mass is 32.1. The van der Waals surface area contributed by atoms with E-state index in [4.69, 9.17) is 9.40 Å². The molecule has 0 saturated heterocycles. The van der Waals surface area contributed by atoms with Crippen molar-refractivity contribution < 1.29 is 4.42 Å². The van der Waals surface area contributed by atoms with Gasteiger partial charge in [-0.1, -0.05) is 467 Å². The molecule has 4 heterocycles. The Hall–Kier alpha value is -18.4. The number of nitrogens with zero attached hydrogens (tertiary/aromatic N) is 4. The van der Waals surface area contributed by atoms with Crippen molar-refractivity contribution in [2.45, 2.75) is 0 Å². The molecule has 0 saturated carbocycles. The summed E-state index contributed by atoms with van der Waals surface area (Å²) in [4.78, 5) is 12.3. The summed E-state index contributed by atoms with van der Waals surface area (Å²) in [7, 11) is 0. The second kappa shape index (κ2) is 40.2. The van der Waals surface area contributed by atoms with E-state index in [1.165, 1.54) is 118 Å². The molecule has 0 radical (unpaired) electrons. The minimum Gasteiger partial charge on any atom is -0.456 e. The summed E-state index contributed by atoms with van der Waals surface area (Å²) >= 11 is 3.70. The van der Waals surface area contributed by atoms with Gasteiger partial charge >= 0.3 is 0 Å². The van der Waals surface area contributed by atoms with E-state index in [0.717, 1.165) is 118 Å². The Morgan fingerprint density at radius 3 is 0.729 bits per heavy atom. The average molecular weight is 1880 g/mol. The monoisotopic (exact) mass is 1870 g/mol. The van der Waals surface area contributed by atoms with Gasteiger partial charge in [0.15, 0.2) is 0 Å². The van der Waals surface area contributed by atoms with E-state index in [9.17, 15) is 0 Å². The minimum atomic E-state index is 0.858. The molecule has 0 fully saturated rings. The van der Waals surface area contributed by atoms with Gasteiger partial charge in [0, 0.05) is 125 Å². The molecule has 0 N–H and O–H groups in total. The third kappa shape index (κ3) is 17.8. The summed E-state index contributed by atoms with van der Waals surface area (Å²) < 4.78 is 11.6. The molecule has 26 aromatic rings. The molecule has 0 spiro atoms. The zero-order valence-corrected chi connectivity index (χ0v) is 80.4. The lowest BCUT2D eigenvalue weighted by Crippen LogP contribution is -2.13. The maximum absolute atomic E-state index is 6.49. The van der Waals surface area contributed by atoms with Crippen LogP contribution >= 0.6 is 22.7 Å². The van der Waals surface area contributed by atoms with Gasteiger partial charge in [-0.05, 0) is 169 Å². The van der Waals surface area contributed by atoms with Crippen LogP contribution in [0, 0.1) is 0 Å². The number of para-hydroxylation sites is 4. The molecule has 0 aliphatic rings. The number of benzene rings is 22. The van der Waals surface area contributed by atoms with Crippen LogP contribution in [0.1, 0.15) is 0 Å². The Balaban J connectivity index is 0.000000117. The lowest BCUT2D eigenvalue weighted by molar-refractivity contribution is 0.669. The van der Waals surface area contributed by atoms with Crippen LogP contribution in [0.15, 0.2) is 575 Å². The molecule has 4 aromatic heterocycles. The Morgan fingerprint density at radius 2 is 0.396 bits per heavy atom. The van der Waals surface area contributed by atoms with Crippen LogP contribution in [0.3, 0.4) is 0 Å². The summed E-state index contributed by atoms with van der Waals surface area (Å²) in [6.07, 6.45) is 2.01. The van der Waals surface area contributed by atoms with E-state index in [1.807, 2.05) is 47.1 Å². The van der Waals surface area contributed by atoms with Gasteiger partial charge in [0.25, 0.3) is 0 Å². The van der Waals surface area contributed by atoms with Crippen molar-refractivity contribution in [3.05, 3.63) is 570 Å². The van der Waals surface area contributed by atoms with E-state index >= 15 is 0 Å². The van der Waals surface area contributed by atoms with Crippen LogP contribution in [0.4, 0.5) is 51.2 Å². The fourth-order valence-corrected chi connectivity index (χ4v) is 22.6. The number of furan rings is 1. The number of hydrogen-bond acceptors (Lipinski definition) is 7. The van der Waals surface area contributed by atoms with Gasteiger partial charge < -0.3 is 19.1 Å². The number of aromatic nitrogens is 1. The molecule has 144 heavy (non-hydrogen) atoms. The highest BCUT2D eigenvalue weighted by molar-refractivity contribution is 7.26. The Bertz CT molecular complexity index is 8480. The Kier molecular flexibility index (Phi) is 24.7. The summed E-state index contributed by atoms with van der Waals surface area (Å²) in [5, 5.41) is 7.40. The molecule has 680 valence electrons. The van der Waals surface area contributed by atoms with Crippen molar-refractivity contribution >= 4 is 136 Å². The van der Waals surface area contributed by atoms with Crippen LogP contribution in [-0.4, -0.2) is 4.98 Å². The first kappa shape index (κ1) is 88.3. The number of thiophene rings is 2. The van der Waals surface area contributed by atoms with Crippen molar-refractivity contribution in [1.82, 2.24) is 4.98 Å². The molecule has 7 heteroatoms. The van der Waals surface area contributed by atoms with Crippen LogP contribution in [0.2, 0.25) is 0 Å². The number of anilines is 9. The Morgan fingerprint density at radius 1 is 0.153 bits per heavy atom. The first-order chi connectivity index (χ1) is 71.5. The van der Waals surface area contributed by atoms with Crippen molar-refractivity contribution in [2.24, 2.45) is 0 Å². The average Bonchev–Trinajstić information content (AvgIpc) is 1.56. The number of fused-ring (bicyclic) bond motifs is 9. The van der Waals surface area contributed by atoms with E-state index in [1.54, 1.807) is 0 Å². The second-order valence-corrected chi connectivity index (χ2v) is 38.0. The van der Waals surface area contributed by atoms with E-state index in [0.29, 0.717) is 0 Å². The molecule has 26 rings (SSSR count). The van der Waals surface area contributed by atoms with Gasteiger partial charge in [0.2, 0.25) is 0 Å². The maximum atomic E-state index is 6.49. The zero-order chi connectivity index (χ0) is 95.9. The molecule has 22 aromatic carbocycles. The third-order valence-corrected chi connectivity index (χ3v) is 29.4. The number of pyridine rings is 1. The first-order valence-electron chi connectivity index (χ1n) is 48.8. The predicted molar refractivity (Wildman–Crippen MR) is 614 cm³/mol. The van der Waals surface area contributed by atoms with Gasteiger partial charge in [-0.25, -0.2) is 0 Å². The first-order valence-corrected chi connectivity index (χ1v) is 50.5. The van der Waals surface area contributed by atoms with Crippen LogP contribution in [-0.2, 0) is 0 Å². The van der Waals surface area contributed by atoms with Crippen molar-refractivity contribution in [3.63, 3.8) is 0 Å². The lowest BCUT2D eigenvalue weighted by atomic mass is 9.92. The molecular formula is C137H94N4OS2. The third-order valence-electron chi connectivity index (χ3n) is 27.1. The van der Waals surface area contributed by atoms with Gasteiger partial charge in [-0.15, -0.1) is 22.7 Å². The highest BCUT2D eigenvalue weighted by Crippen LogP contribution is 2.55. The molecule has 0 aliphatic carbocycles. The minimum absolute atomic E-state index is 0.858. The van der Waals surface area contributed by atoms with E-state index in [-0.39, 0.29) is 0 Å². The van der Waals surface area contributed by atoms with Crippen molar-refractivity contribution in [1.29, 1.82) is 0 Å². The van der Waals surface area contributed by atoms with Crippen molar-refractivity contribution in [3.8, 4) is 123 Å². The summed E-state index contributed by atoms with van der Waals surface area (Å²) in [6, 6.07) is 202. The van der Waals surface area contributed by atoms with Gasteiger partial charge in [-0.2, -0.15) is 0 Å². The standard InChI is InChI=1S/C48H33NO.C48H33NS.C41H28N2S/c2*1-5-16-34(17-6-1)40-30-28-38(32-45(40)37-22-11-4-12-23-37)49(39-29-31-44-43-24-13-14-27-46(43)50-47(44)33-39)48-41(35-18-7-2-8-19-35)25-15-26-42(48)36-20-9-3-10-21-36;1-4-13-29(14-5-1)34-20-12-21-35(30-15-6-2-7-16-30)41(34)43(33-24-26-38(42-28-33)31-17-8-3-9-18-31)32-23-25-37-36-19-10-11-22-39(36)44-40(37)27-32/h2*1-33H;1-28H. The largest absolute Gasteiger partial charge is 0.456 e. The molecular weight excluding hydrogens is 1780 g/mol. The summed E-state index contributed by atoms with van der Waals surface area (Å²) in [5.74, 6) is 0. The predicted octanol–water partition coefficient (Wildman–Crippen LogP) is 39.8. The molecule has 0 atom stereocenters. The highest BCUT2D eigenvalue weighted by Gasteiger charge is 2.30. The van der Waals surface area contributed by atoms with Crippen molar-refractivity contribution in [2.75, 3.05) is 14.7 Å². The topological polar surface area (TPSA) is 35.8 Å². The lowest BCUT2D eigenvalue weighted by Gasteiger charge is -2.31. The van der Waals surface area contributed by atoms with E-state index in [2.05, 4.69) is 561 Å². The normalized spacial score (nSPS) is 11.2. The summed E-state index contributed by atoms with van der Waals surface area (Å²) in [5.41, 5.74) is 37.0. The molecule has 0 unspecified atom stereocenters. The number of rotatable bonds is 20. The van der Waals surface area contributed by atoms with Crippen LogP contribution in [0.5, 0.6) is 0 Å². The molecule has 0 bridgehead atoms. The summed E-state index contributed by atoms with van der Waals surface area (Å²) in [6.45, 7) is 0. The fraction of sp³-hybridized carbons (Fsp3) is 0.